The number of hydrogen-bond donors (Lipinski definition) is 0. The van der Waals surface area contributed by atoms with Gasteiger partial charge in [0.05, 0.1) is 0 Å². The maximum Gasteiger partial charge on any atom is 0.485 e. The Morgan fingerprint density at radius 3 is 1.72 bits per heavy atom. The first-order chi connectivity index (χ1) is 11.3. The molecular formula is C16H15F4IO3S. The summed E-state index contributed by atoms with van der Waals surface area (Å²) in [6, 6.07) is 11.4. The van der Waals surface area contributed by atoms with Gasteiger partial charge in [-0.1, -0.05) is 17.7 Å². The van der Waals surface area contributed by atoms with Crippen molar-refractivity contribution in [3.05, 3.63) is 66.0 Å². The third-order valence-corrected chi connectivity index (χ3v) is 7.02. The fourth-order valence-corrected chi connectivity index (χ4v) is 4.42. The monoisotopic (exact) mass is 490 g/mol. The predicted octanol–water partition coefficient (Wildman–Crippen LogP) is 0.931. The molecule has 0 amide bonds. The van der Waals surface area contributed by atoms with Crippen LogP contribution in [0.15, 0.2) is 36.4 Å². The largest absolute Gasteiger partial charge is 0.741 e. The summed E-state index contributed by atoms with van der Waals surface area (Å²) < 4.78 is 74.5. The zero-order valence-corrected chi connectivity index (χ0v) is 16.5. The molecule has 2 rings (SSSR count). The fraction of sp³-hybridized carbons (Fsp3) is 0.250. The van der Waals surface area contributed by atoms with Crippen molar-refractivity contribution in [2.24, 2.45) is 0 Å². The van der Waals surface area contributed by atoms with Gasteiger partial charge in [0, 0.05) is 11.1 Å². The maximum absolute atomic E-state index is 12.8. The lowest BCUT2D eigenvalue weighted by Gasteiger charge is -2.08. The van der Waals surface area contributed by atoms with Gasteiger partial charge in [0.1, 0.15) is 5.82 Å². The summed E-state index contributed by atoms with van der Waals surface area (Å²) in [6.07, 6.45) is 0. The van der Waals surface area contributed by atoms with Crippen molar-refractivity contribution in [2.45, 2.75) is 26.3 Å². The van der Waals surface area contributed by atoms with Crippen LogP contribution in [-0.4, -0.2) is 18.5 Å². The van der Waals surface area contributed by atoms with E-state index in [0.717, 1.165) is 0 Å². The molecule has 0 atom stereocenters. The molecule has 0 aromatic heterocycles. The Kier molecular flexibility index (Phi) is 7.39. The van der Waals surface area contributed by atoms with Crippen molar-refractivity contribution < 1.29 is 51.7 Å². The van der Waals surface area contributed by atoms with Crippen molar-refractivity contribution in [2.75, 3.05) is 0 Å². The first kappa shape index (κ1) is 21.8. The van der Waals surface area contributed by atoms with Crippen LogP contribution in [-0.2, 0) is 10.1 Å². The maximum atomic E-state index is 12.8. The molecule has 0 unspecified atom stereocenters. The minimum absolute atomic E-state index is 0.157. The predicted molar refractivity (Wildman–Crippen MR) is 80.2 cm³/mol. The van der Waals surface area contributed by atoms with Crippen LogP contribution in [0.25, 0.3) is 0 Å². The van der Waals surface area contributed by atoms with Crippen LogP contribution >= 0.6 is 0 Å². The molecule has 3 nitrogen and oxygen atoms in total. The van der Waals surface area contributed by atoms with Gasteiger partial charge in [0.2, 0.25) is 0 Å². The number of rotatable bonds is 2. The zero-order valence-electron chi connectivity index (χ0n) is 13.5. The lowest BCUT2D eigenvalue weighted by atomic mass is 10.1. The lowest BCUT2D eigenvalue weighted by molar-refractivity contribution is -0.598. The molecule has 0 aliphatic carbocycles. The topological polar surface area (TPSA) is 57.2 Å². The van der Waals surface area contributed by atoms with E-state index in [1.54, 1.807) is 12.1 Å². The first-order valence-electron chi connectivity index (χ1n) is 6.81. The molecule has 2 aromatic rings. The fourth-order valence-electron chi connectivity index (χ4n) is 1.91. The van der Waals surface area contributed by atoms with E-state index >= 15 is 0 Å². The molecule has 0 saturated carbocycles. The van der Waals surface area contributed by atoms with Gasteiger partial charge in [-0.05, 0) is 45.0 Å². The van der Waals surface area contributed by atoms with Crippen LogP contribution in [0.1, 0.15) is 16.7 Å². The zero-order chi connectivity index (χ0) is 19.4. The second-order valence-electron chi connectivity index (χ2n) is 5.14. The quantitative estimate of drug-likeness (QED) is 0.273. The van der Waals surface area contributed by atoms with E-state index in [1.807, 2.05) is 12.1 Å². The standard InChI is InChI=1S/C15H15FI.CHF3O3S/c1-10-8-11(2)15(12(3)9-10)17-14-6-4-13(16)5-7-14;2-1(3,4)8(5,6)7/h4-9H,1-3H3;(H,5,6,7)/q+1;/p-1. The number of halogens is 5. The van der Waals surface area contributed by atoms with E-state index in [9.17, 15) is 17.6 Å². The molecule has 0 heterocycles. The third-order valence-electron chi connectivity index (χ3n) is 2.87. The van der Waals surface area contributed by atoms with E-state index in [1.165, 1.54) is 23.8 Å². The van der Waals surface area contributed by atoms with Crippen molar-refractivity contribution in [1.29, 1.82) is 0 Å². The summed E-state index contributed by atoms with van der Waals surface area (Å²) in [6.45, 7) is 6.46. The number of alkyl halides is 3. The van der Waals surface area contributed by atoms with E-state index in [2.05, 4.69) is 32.9 Å². The second-order valence-corrected chi connectivity index (χ2v) is 9.38. The molecule has 0 aliphatic heterocycles. The summed E-state index contributed by atoms with van der Waals surface area (Å²) in [5, 5.41) is 0. The summed E-state index contributed by atoms with van der Waals surface area (Å²) in [5.74, 6) is -0.157. The first-order valence-corrected chi connectivity index (χ1v) is 10.4. The normalized spacial score (nSPS) is 11.7. The van der Waals surface area contributed by atoms with E-state index in [0.29, 0.717) is 0 Å². The molecule has 0 N–H and O–H groups in total. The highest BCUT2D eigenvalue weighted by atomic mass is 127. The Balaban J connectivity index is 0.000000333. The molecule has 0 aliphatic rings. The average molecular weight is 490 g/mol. The van der Waals surface area contributed by atoms with E-state index < -0.39 is 15.6 Å². The van der Waals surface area contributed by atoms with Crippen molar-refractivity contribution in [3.63, 3.8) is 0 Å². The number of aryl methyl sites for hydroxylation is 3. The van der Waals surface area contributed by atoms with Gasteiger partial charge in [-0.3, -0.25) is 0 Å². The van der Waals surface area contributed by atoms with Crippen molar-refractivity contribution in [3.8, 4) is 0 Å². The molecule has 0 fully saturated rings. The molecule has 9 heteroatoms. The van der Waals surface area contributed by atoms with Gasteiger partial charge in [0.15, 0.2) is 17.3 Å². The van der Waals surface area contributed by atoms with Gasteiger partial charge >= 0.3 is 26.7 Å². The van der Waals surface area contributed by atoms with Gasteiger partial charge in [-0.2, -0.15) is 13.2 Å². The molecule has 0 saturated heterocycles. The average Bonchev–Trinajstić information content (AvgIpc) is 2.43. The summed E-state index contributed by atoms with van der Waals surface area (Å²) in [7, 11) is -6.09. The van der Waals surface area contributed by atoms with Crippen LogP contribution in [0, 0.1) is 33.7 Å². The van der Waals surface area contributed by atoms with Crippen LogP contribution < -0.4 is 21.2 Å². The minimum Gasteiger partial charge on any atom is -0.741 e. The molecule has 0 spiro atoms. The van der Waals surface area contributed by atoms with Crippen LogP contribution in [0.5, 0.6) is 0 Å². The Bertz CT molecular complexity index is 808. The minimum atomic E-state index is -6.09. The number of hydrogen-bond acceptors (Lipinski definition) is 3. The van der Waals surface area contributed by atoms with E-state index in [4.69, 9.17) is 13.0 Å². The molecular weight excluding hydrogens is 475 g/mol. The summed E-state index contributed by atoms with van der Waals surface area (Å²) in [4.78, 5) is 0. The smallest absolute Gasteiger partial charge is 0.485 e. The van der Waals surface area contributed by atoms with Crippen molar-refractivity contribution >= 4 is 10.1 Å². The Morgan fingerprint density at radius 2 is 1.36 bits per heavy atom. The molecule has 138 valence electrons. The highest BCUT2D eigenvalue weighted by Gasteiger charge is 2.36. The highest BCUT2D eigenvalue weighted by molar-refractivity contribution is 7.86. The van der Waals surface area contributed by atoms with Gasteiger partial charge < -0.3 is 4.55 Å². The number of benzene rings is 2. The van der Waals surface area contributed by atoms with E-state index in [-0.39, 0.29) is 27.0 Å². The molecule has 0 radical (unpaired) electrons. The summed E-state index contributed by atoms with van der Waals surface area (Å²) >= 11 is -0.207. The second kappa shape index (κ2) is 8.45. The Labute approximate surface area is 154 Å². The van der Waals surface area contributed by atoms with Crippen molar-refractivity contribution in [1.82, 2.24) is 0 Å². The summed E-state index contributed by atoms with van der Waals surface area (Å²) in [5.41, 5.74) is -1.61. The molecule has 25 heavy (non-hydrogen) atoms. The van der Waals surface area contributed by atoms with Gasteiger partial charge in [-0.15, -0.1) is 0 Å². The SMILES string of the molecule is Cc1cc(C)c([I+]c2ccc(F)cc2)c(C)c1.O=S(=O)([O-])C(F)(F)F. The van der Waals surface area contributed by atoms with Crippen LogP contribution in [0.4, 0.5) is 17.6 Å². The molecule has 2 aromatic carbocycles. The molecule has 0 bridgehead atoms. The van der Waals surface area contributed by atoms with Gasteiger partial charge in [-0.25, -0.2) is 12.8 Å². The van der Waals surface area contributed by atoms with Gasteiger partial charge in [0.25, 0.3) is 0 Å². The van der Waals surface area contributed by atoms with Crippen LogP contribution in [0.3, 0.4) is 0 Å². The Morgan fingerprint density at radius 1 is 0.960 bits per heavy atom. The lowest BCUT2D eigenvalue weighted by Crippen LogP contribution is -3.62. The highest BCUT2D eigenvalue weighted by Crippen LogP contribution is 2.20. The third kappa shape index (κ3) is 6.90. The van der Waals surface area contributed by atoms with Crippen LogP contribution in [0.2, 0.25) is 0 Å². The Hall–Kier alpha value is -1.20.